The van der Waals surface area contributed by atoms with Crippen molar-refractivity contribution in [2.45, 2.75) is 20.4 Å². The number of anilines is 1. The monoisotopic (exact) mass is 280 g/mol. The lowest BCUT2D eigenvalue weighted by molar-refractivity contribution is 0.573. The fourth-order valence-corrected chi connectivity index (χ4v) is 1.87. The molecule has 0 radical (unpaired) electrons. The minimum absolute atomic E-state index is 0.526. The molecule has 0 amide bonds. The summed E-state index contributed by atoms with van der Waals surface area (Å²) in [6.07, 6.45) is 5.20. The first kappa shape index (κ1) is 13.3. The van der Waals surface area contributed by atoms with E-state index in [1.54, 1.807) is 18.7 Å². The number of hydrogen-bond donors (Lipinski definition) is 1. The van der Waals surface area contributed by atoms with Crippen LogP contribution in [0.15, 0.2) is 47.3 Å². The molecule has 0 unspecified atom stereocenters. The zero-order valence-corrected chi connectivity index (χ0v) is 12.0. The number of nitrogens with one attached hydrogen (secondary N) is 1. The van der Waals surface area contributed by atoms with Crippen LogP contribution < -0.4 is 5.32 Å². The second-order valence-corrected chi connectivity index (χ2v) is 4.95. The van der Waals surface area contributed by atoms with E-state index in [0.29, 0.717) is 18.4 Å². The summed E-state index contributed by atoms with van der Waals surface area (Å²) in [5.41, 5.74) is 4.03. The Hall–Kier alpha value is -2.69. The summed E-state index contributed by atoms with van der Waals surface area (Å²) in [6.45, 7) is 4.53. The number of rotatable bonds is 4. The number of benzene rings is 1. The van der Waals surface area contributed by atoms with Crippen molar-refractivity contribution in [1.29, 1.82) is 0 Å². The van der Waals surface area contributed by atoms with Gasteiger partial charge in [0.1, 0.15) is 6.26 Å². The van der Waals surface area contributed by atoms with Gasteiger partial charge in [0, 0.05) is 18.0 Å². The van der Waals surface area contributed by atoms with Gasteiger partial charge < -0.3 is 9.73 Å². The summed E-state index contributed by atoms with van der Waals surface area (Å²) in [6, 6.07) is 8.08. The number of aromatic nitrogens is 3. The fourth-order valence-electron chi connectivity index (χ4n) is 1.87. The minimum atomic E-state index is 0.526. The molecule has 106 valence electrons. The molecule has 2 heterocycles. The molecule has 0 spiro atoms. The Morgan fingerprint density at radius 1 is 1.00 bits per heavy atom. The average Bonchev–Trinajstić information content (AvgIpc) is 2.96. The number of hydrogen-bond acceptors (Lipinski definition) is 5. The highest BCUT2D eigenvalue weighted by molar-refractivity contribution is 5.53. The van der Waals surface area contributed by atoms with Crippen molar-refractivity contribution in [2.24, 2.45) is 0 Å². The van der Waals surface area contributed by atoms with E-state index in [2.05, 4.69) is 27.2 Å². The molecule has 0 aliphatic rings. The molecule has 0 saturated heterocycles. The summed E-state index contributed by atoms with van der Waals surface area (Å²) in [5, 5.41) is 3.12. The Morgan fingerprint density at radius 2 is 1.71 bits per heavy atom. The van der Waals surface area contributed by atoms with Gasteiger partial charge in [0.05, 0.1) is 12.2 Å². The molecule has 0 fully saturated rings. The first-order valence-electron chi connectivity index (χ1n) is 6.75. The van der Waals surface area contributed by atoms with Gasteiger partial charge in [0.15, 0.2) is 0 Å². The third-order valence-corrected chi connectivity index (χ3v) is 3.06. The summed E-state index contributed by atoms with van der Waals surface area (Å²) in [4.78, 5) is 12.8. The van der Waals surface area contributed by atoms with E-state index in [4.69, 9.17) is 4.42 Å². The van der Waals surface area contributed by atoms with Crippen molar-refractivity contribution in [3.05, 3.63) is 59.7 Å². The molecule has 0 aliphatic carbocycles. The number of nitrogens with zero attached hydrogens (tertiary/aromatic N) is 3. The topological polar surface area (TPSA) is 63.8 Å². The molecule has 21 heavy (non-hydrogen) atoms. The molecule has 2 aromatic heterocycles. The lowest BCUT2D eigenvalue weighted by Crippen LogP contribution is -2.03. The smallest absolute Gasteiger partial charge is 0.226 e. The predicted octanol–water partition coefficient (Wildman–Crippen LogP) is 3.36. The van der Waals surface area contributed by atoms with E-state index in [9.17, 15) is 0 Å². The zero-order valence-electron chi connectivity index (χ0n) is 12.0. The first-order valence-corrected chi connectivity index (χ1v) is 6.75. The second kappa shape index (κ2) is 5.75. The third-order valence-electron chi connectivity index (χ3n) is 3.06. The molecular formula is C16H16N4O. The lowest BCUT2D eigenvalue weighted by atomic mass is 10.1. The van der Waals surface area contributed by atoms with Crippen LogP contribution in [0, 0.1) is 13.8 Å². The highest BCUT2D eigenvalue weighted by Gasteiger charge is 2.06. The highest BCUT2D eigenvalue weighted by atomic mass is 16.3. The van der Waals surface area contributed by atoms with Crippen LogP contribution in [-0.2, 0) is 6.54 Å². The van der Waals surface area contributed by atoms with Crippen LogP contribution in [0.1, 0.15) is 16.8 Å². The van der Waals surface area contributed by atoms with Crippen molar-refractivity contribution >= 4 is 5.95 Å². The maximum Gasteiger partial charge on any atom is 0.226 e. The molecule has 3 aromatic rings. The number of aryl methyl sites for hydroxylation is 2. The molecule has 5 nitrogen and oxygen atoms in total. The quantitative estimate of drug-likeness (QED) is 0.794. The van der Waals surface area contributed by atoms with Gasteiger partial charge in [0.25, 0.3) is 0 Å². The van der Waals surface area contributed by atoms with Crippen LogP contribution in [0.2, 0.25) is 0 Å². The Kier molecular flexibility index (Phi) is 3.64. The summed E-state index contributed by atoms with van der Waals surface area (Å²) < 4.78 is 5.51. The zero-order chi connectivity index (χ0) is 14.7. The van der Waals surface area contributed by atoms with Crippen molar-refractivity contribution < 1.29 is 4.42 Å². The van der Waals surface area contributed by atoms with Gasteiger partial charge >= 0.3 is 0 Å². The fraction of sp³-hybridized carbons (Fsp3) is 0.188. The molecule has 5 heteroatoms. The van der Waals surface area contributed by atoms with Gasteiger partial charge in [-0.2, -0.15) is 0 Å². The van der Waals surface area contributed by atoms with E-state index in [1.165, 1.54) is 5.56 Å². The Labute approximate surface area is 123 Å². The predicted molar refractivity (Wildman–Crippen MR) is 80.8 cm³/mol. The van der Waals surface area contributed by atoms with Crippen LogP contribution in [0.5, 0.6) is 0 Å². The number of oxazole rings is 1. The van der Waals surface area contributed by atoms with E-state index < -0.39 is 0 Å². The van der Waals surface area contributed by atoms with Crippen LogP contribution in [0.3, 0.4) is 0 Å². The molecule has 1 N–H and O–H groups in total. The summed E-state index contributed by atoms with van der Waals surface area (Å²) >= 11 is 0. The van der Waals surface area contributed by atoms with Crippen molar-refractivity contribution in [2.75, 3.05) is 5.32 Å². The summed E-state index contributed by atoms with van der Waals surface area (Å²) in [5.74, 6) is 1.21. The Bertz CT molecular complexity index is 717. The average molecular weight is 280 g/mol. The normalized spacial score (nSPS) is 10.6. The molecular weight excluding hydrogens is 264 g/mol. The molecule has 0 aliphatic heterocycles. The highest BCUT2D eigenvalue weighted by Crippen LogP contribution is 2.19. The molecule has 1 aromatic carbocycles. The maximum absolute atomic E-state index is 5.51. The third kappa shape index (κ3) is 3.25. The molecule has 0 bridgehead atoms. The first-order chi connectivity index (χ1) is 10.2. The van der Waals surface area contributed by atoms with Crippen LogP contribution in [-0.4, -0.2) is 15.0 Å². The summed E-state index contributed by atoms with van der Waals surface area (Å²) in [7, 11) is 0. The Morgan fingerprint density at radius 3 is 2.43 bits per heavy atom. The van der Waals surface area contributed by atoms with Crippen molar-refractivity contribution in [3.63, 3.8) is 0 Å². The van der Waals surface area contributed by atoms with Gasteiger partial charge in [-0.3, -0.25) is 0 Å². The van der Waals surface area contributed by atoms with Crippen molar-refractivity contribution in [1.82, 2.24) is 15.0 Å². The largest absolute Gasteiger partial charge is 0.444 e. The van der Waals surface area contributed by atoms with Crippen LogP contribution in [0.4, 0.5) is 5.95 Å². The maximum atomic E-state index is 5.51. The molecule has 0 atom stereocenters. The van der Waals surface area contributed by atoms with E-state index in [1.807, 2.05) is 31.2 Å². The van der Waals surface area contributed by atoms with E-state index in [-0.39, 0.29) is 0 Å². The van der Waals surface area contributed by atoms with E-state index in [0.717, 1.165) is 16.8 Å². The Balaban J connectivity index is 1.67. The minimum Gasteiger partial charge on any atom is -0.444 e. The van der Waals surface area contributed by atoms with Gasteiger partial charge in [-0.05, 0) is 31.5 Å². The lowest BCUT2D eigenvalue weighted by Gasteiger charge is -2.01. The van der Waals surface area contributed by atoms with Crippen molar-refractivity contribution in [3.8, 4) is 11.5 Å². The van der Waals surface area contributed by atoms with E-state index >= 15 is 0 Å². The van der Waals surface area contributed by atoms with Crippen LogP contribution in [0.25, 0.3) is 11.5 Å². The van der Waals surface area contributed by atoms with Gasteiger partial charge in [0.2, 0.25) is 11.8 Å². The van der Waals surface area contributed by atoms with Gasteiger partial charge in [-0.1, -0.05) is 17.7 Å². The molecule has 0 saturated carbocycles. The molecule has 3 rings (SSSR count). The van der Waals surface area contributed by atoms with Gasteiger partial charge in [-0.15, -0.1) is 0 Å². The SMILES string of the molecule is Cc1ccc(-c2nc(CNc3ncc(C)cn3)co2)cc1. The van der Waals surface area contributed by atoms with Gasteiger partial charge in [-0.25, -0.2) is 15.0 Å². The standard InChI is InChI=1S/C16H16N4O/c1-11-3-5-13(6-4-11)15-20-14(10-21-15)9-19-16-17-7-12(2)8-18-16/h3-8,10H,9H2,1-2H3,(H,17,18,19). The van der Waals surface area contributed by atoms with Crippen LogP contribution >= 0.6 is 0 Å². The second-order valence-electron chi connectivity index (χ2n) is 4.95.